The Kier molecular flexibility index (Phi) is 3.18. The molecule has 0 unspecified atom stereocenters. The fourth-order valence-electron chi connectivity index (χ4n) is 1.52. The molecule has 0 saturated heterocycles. The number of methoxy groups -OCH3 is 1. The summed E-state index contributed by atoms with van der Waals surface area (Å²) in [6, 6.07) is 7.70. The third-order valence-corrected chi connectivity index (χ3v) is 2.40. The Morgan fingerprint density at radius 3 is 2.47 bits per heavy atom. The number of hydrogen-bond donors (Lipinski definition) is 0. The van der Waals surface area contributed by atoms with E-state index in [1.54, 1.807) is 18.0 Å². The van der Waals surface area contributed by atoms with Crippen LogP contribution in [0.25, 0.3) is 0 Å². The van der Waals surface area contributed by atoms with E-state index >= 15 is 0 Å². The SMILES string of the molecule is COc1ccccc1/C=N\n1c(C)nnc1C. The van der Waals surface area contributed by atoms with Gasteiger partial charge in [-0.05, 0) is 26.0 Å². The Balaban J connectivity index is 2.32. The molecule has 0 N–H and O–H groups in total. The summed E-state index contributed by atoms with van der Waals surface area (Å²) in [5.41, 5.74) is 0.919. The molecule has 0 radical (unpaired) electrons. The van der Waals surface area contributed by atoms with Gasteiger partial charge in [0.15, 0.2) is 11.6 Å². The van der Waals surface area contributed by atoms with Crippen LogP contribution < -0.4 is 4.74 Å². The molecule has 0 fully saturated rings. The molecule has 2 rings (SSSR count). The monoisotopic (exact) mass is 230 g/mol. The first-order chi connectivity index (χ1) is 8.22. The van der Waals surface area contributed by atoms with Crippen molar-refractivity contribution in [3.63, 3.8) is 0 Å². The fourth-order valence-corrected chi connectivity index (χ4v) is 1.52. The molecular formula is C12H14N4O. The lowest BCUT2D eigenvalue weighted by Gasteiger charge is -2.03. The molecule has 0 bridgehead atoms. The smallest absolute Gasteiger partial charge is 0.151 e. The van der Waals surface area contributed by atoms with Crippen molar-refractivity contribution in [3.05, 3.63) is 41.5 Å². The number of benzene rings is 1. The summed E-state index contributed by atoms with van der Waals surface area (Å²) < 4.78 is 6.93. The summed E-state index contributed by atoms with van der Waals surface area (Å²) in [7, 11) is 1.64. The summed E-state index contributed by atoms with van der Waals surface area (Å²) in [6.07, 6.45) is 1.74. The van der Waals surface area contributed by atoms with E-state index in [0.717, 1.165) is 23.0 Å². The standard InChI is InChI=1S/C12H14N4O/c1-9-14-15-10(2)16(9)13-8-11-6-4-5-7-12(11)17-3/h4-8H,1-3H3/b13-8-. The van der Waals surface area contributed by atoms with Gasteiger partial charge < -0.3 is 4.74 Å². The zero-order valence-electron chi connectivity index (χ0n) is 10.1. The summed E-state index contributed by atoms with van der Waals surface area (Å²) in [5, 5.41) is 12.2. The Hall–Kier alpha value is -2.17. The summed E-state index contributed by atoms with van der Waals surface area (Å²) in [5.74, 6) is 2.31. The van der Waals surface area contributed by atoms with Gasteiger partial charge in [-0.15, -0.1) is 10.2 Å². The van der Waals surface area contributed by atoms with Gasteiger partial charge in [0, 0.05) is 5.56 Å². The van der Waals surface area contributed by atoms with Crippen molar-refractivity contribution in [1.82, 2.24) is 14.9 Å². The first kappa shape index (κ1) is 11.3. The van der Waals surface area contributed by atoms with Gasteiger partial charge in [-0.2, -0.15) is 5.10 Å². The maximum atomic E-state index is 5.24. The highest BCUT2D eigenvalue weighted by Gasteiger charge is 2.02. The molecule has 0 atom stereocenters. The number of aromatic nitrogens is 3. The molecule has 5 heteroatoms. The van der Waals surface area contributed by atoms with Crippen LogP contribution in [0, 0.1) is 13.8 Å². The van der Waals surface area contributed by atoms with E-state index in [2.05, 4.69) is 15.3 Å². The van der Waals surface area contributed by atoms with E-state index in [4.69, 9.17) is 4.74 Å². The molecule has 17 heavy (non-hydrogen) atoms. The zero-order chi connectivity index (χ0) is 12.3. The molecule has 0 aliphatic rings. The van der Waals surface area contributed by atoms with Crippen molar-refractivity contribution in [2.24, 2.45) is 5.10 Å². The number of hydrogen-bond acceptors (Lipinski definition) is 4. The molecule has 1 heterocycles. The number of para-hydroxylation sites is 1. The Bertz CT molecular complexity index is 526. The molecule has 0 aliphatic carbocycles. The van der Waals surface area contributed by atoms with E-state index in [0.29, 0.717) is 0 Å². The second-order valence-electron chi connectivity index (χ2n) is 3.59. The molecule has 0 amide bonds. The van der Waals surface area contributed by atoms with Crippen LogP contribution >= 0.6 is 0 Å². The van der Waals surface area contributed by atoms with Crippen LogP contribution in [0.3, 0.4) is 0 Å². The van der Waals surface area contributed by atoms with Crippen LogP contribution in [0.4, 0.5) is 0 Å². The lowest BCUT2D eigenvalue weighted by Crippen LogP contribution is -1.97. The van der Waals surface area contributed by atoms with Crippen molar-refractivity contribution in [2.75, 3.05) is 7.11 Å². The van der Waals surface area contributed by atoms with E-state index in [9.17, 15) is 0 Å². The minimum absolute atomic E-state index is 0.758. The molecule has 5 nitrogen and oxygen atoms in total. The Labute approximate surface area is 99.8 Å². The van der Waals surface area contributed by atoms with Gasteiger partial charge in [-0.1, -0.05) is 12.1 Å². The van der Waals surface area contributed by atoms with E-state index in [1.807, 2.05) is 38.1 Å². The maximum Gasteiger partial charge on any atom is 0.151 e. The van der Waals surface area contributed by atoms with Crippen LogP contribution in [0.5, 0.6) is 5.75 Å². The quantitative estimate of drug-likeness (QED) is 0.755. The van der Waals surface area contributed by atoms with E-state index < -0.39 is 0 Å². The molecule has 1 aromatic heterocycles. The lowest BCUT2D eigenvalue weighted by molar-refractivity contribution is 0.414. The molecule has 0 spiro atoms. The van der Waals surface area contributed by atoms with Crippen LogP contribution in [-0.4, -0.2) is 28.2 Å². The van der Waals surface area contributed by atoms with Crippen LogP contribution in [0.2, 0.25) is 0 Å². The number of ether oxygens (including phenoxy) is 1. The predicted molar refractivity (Wildman–Crippen MR) is 65.5 cm³/mol. The third kappa shape index (κ3) is 2.33. The van der Waals surface area contributed by atoms with Crippen molar-refractivity contribution in [2.45, 2.75) is 13.8 Å². The second kappa shape index (κ2) is 4.78. The highest BCUT2D eigenvalue weighted by atomic mass is 16.5. The normalized spacial score (nSPS) is 11.0. The van der Waals surface area contributed by atoms with Gasteiger partial charge in [0.05, 0.1) is 13.3 Å². The van der Waals surface area contributed by atoms with Crippen molar-refractivity contribution < 1.29 is 4.74 Å². The van der Waals surface area contributed by atoms with Gasteiger partial charge in [0.25, 0.3) is 0 Å². The van der Waals surface area contributed by atoms with Gasteiger partial charge in [0.1, 0.15) is 5.75 Å². The zero-order valence-corrected chi connectivity index (χ0v) is 10.1. The van der Waals surface area contributed by atoms with E-state index in [1.165, 1.54) is 0 Å². The second-order valence-corrected chi connectivity index (χ2v) is 3.59. The summed E-state index contributed by atoms with van der Waals surface area (Å²) >= 11 is 0. The number of rotatable bonds is 3. The first-order valence-electron chi connectivity index (χ1n) is 5.28. The fraction of sp³-hybridized carbons (Fsp3) is 0.250. The number of aryl methyl sites for hydroxylation is 2. The van der Waals surface area contributed by atoms with Gasteiger partial charge in [-0.3, -0.25) is 0 Å². The molecule has 88 valence electrons. The van der Waals surface area contributed by atoms with E-state index in [-0.39, 0.29) is 0 Å². The minimum Gasteiger partial charge on any atom is -0.496 e. The van der Waals surface area contributed by atoms with Crippen LogP contribution in [0.1, 0.15) is 17.2 Å². The molecule has 1 aromatic carbocycles. The molecule has 0 aliphatic heterocycles. The van der Waals surface area contributed by atoms with Crippen molar-refractivity contribution in [3.8, 4) is 5.75 Å². The summed E-state index contributed by atoms with van der Waals surface area (Å²) in [6.45, 7) is 3.72. The van der Waals surface area contributed by atoms with Crippen LogP contribution in [-0.2, 0) is 0 Å². The number of nitrogens with zero attached hydrogens (tertiary/aromatic N) is 4. The lowest BCUT2D eigenvalue weighted by atomic mass is 10.2. The predicted octanol–water partition coefficient (Wildman–Crippen LogP) is 1.79. The molecule has 0 saturated carbocycles. The Morgan fingerprint density at radius 2 is 1.82 bits per heavy atom. The highest BCUT2D eigenvalue weighted by molar-refractivity contribution is 5.83. The summed E-state index contributed by atoms with van der Waals surface area (Å²) in [4.78, 5) is 0. The minimum atomic E-state index is 0.758. The average Bonchev–Trinajstić information content (AvgIpc) is 2.67. The van der Waals surface area contributed by atoms with Gasteiger partial charge in [-0.25, -0.2) is 4.68 Å². The van der Waals surface area contributed by atoms with Gasteiger partial charge >= 0.3 is 0 Å². The molecule has 2 aromatic rings. The maximum absolute atomic E-state index is 5.24. The largest absolute Gasteiger partial charge is 0.496 e. The first-order valence-corrected chi connectivity index (χ1v) is 5.28. The molecular weight excluding hydrogens is 216 g/mol. The highest BCUT2D eigenvalue weighted by Crippen LogP contribution is 2.14. The van der Waals surface area contributed by atoms with Crippen molar-refractivity contribution in [1.29, 1.82) is 0 Å². The van der Waals surface area contributed by atoms with Crippen molar-refractivity contribution >= 4 is 6.21 Å². The Morgan fingerprint density at radius 1 is 1.18 bits per heavy atom. The van der Waals surface area contributed by atoms with Crippen LogP contribution in [0.15, 0.2) is 29.4 Å². The third-order valence-electron chi connectivity index (χ3n) is 2.40. The van der Waals surface area contributed by atoms with Gasteiger partial charge in [0.2, 0.25) is 0 Å². The average molecular weight is 230 g/mol. The topological polar surface area (TPSA) is 52.3 Å².